The van der Waals surface area contributed by atoms with Gasteiger partial charge in [-0.1, -0.05) is 36.7 Å². The summed E-state index contributed by atoms with van der Waals surface area (Å²) < 4.78 is 5.36. The Balaban J connectivity index is 2.24. The molecule has 2 rings (SSSR count). The highest BCUT2D eigenvalue weighted by atomic mass is 35.5. The van der Waals surface area contributed by atoms with E-state index in [1.165, 1.54) is 5.56 Å². The van der Waals surface area contributed by atoms with Crippen molar-refractivity contribution in [3.05, 3.63) is 58.7 Å². The average Bonchev–Trinajstić information content (AvgIpc) is 2.49. The molecule has 0 radical (unpaired) electrons. The van der Waals surface area contributed by atoms with Crippen LogP contribution in [0.15, 0.2) is 42.6 Å². The Hall–Kier alpha value is -1.58. The first-order valence-electron chi connectivity index (χ1n) is 6.71. The Morgan fingerprint density at radius 3 is 2.65 bits per heavy atom. The van der Waals surface area contributed by atoms with Gasteiger partial charge in [0.1, 0.15) is 0 Å². The normalized spacial score (nSPS) is 12.2. The summed E-state index contributed by atoms with van der Waals surface area (Å²) in [5.74, 6) is 0.674. The summed E-state index contributed by atoms with van der Waals surface area (Å²) in [4.78, 5) is 4.27. The van der Waals surface area contributed by atoms with E-state index in [0.29, 0.717) is 5.88 Å². The van der Waals surface area contributed by atoms with Gasteiger partial charge in [-0.2, -0.15) is 0 Å². The lowest BCUT2D eigenvalue weighted by Gasteiger charge is -2.20. The van der Waals surface area contributed by atoms with Crippen molar-refractivity contribution in [2.45, 2.75) is 19.4 Å². The first-order valence-corrected chi connectivity index (χ1v) is 7.09. The van der Waals surface area contributed by atoms with Crippen LogP contribution < -0.4 is 10.1 Å². The molecule has 0 amide bonds. The molecular weight excluding hydrogens is 272 g/mol. The third-order valence-electron chi connectivity index (χ3n) is 3.17. The first kappa shape index (κ1) is 14.8. The Morgan fingerprint density at radius 1 is 1.25 bits per heavy atom. The van der Waals surface area contributed by atoms with Crippen LogP contribution in [-0.4, -0.2) is 18.6 Å². The molecule has 0 saturated carbocycles. The highest BCUT2D eigenvalue weighted by Gasteiger charge is 2.16. The minimum Gasteiger partial charge on any atom is -0.481 e. The van der Waals surface area contributed by atoms with Gasteiger partial charge in [0, 0.05) is 22.8 Å². The molecule has 0 aliphatic heterocycles. The summed E-state index contributed by atoms with van der Waals surface area (Å²) in [6, 6.07) is 12.1. The van der Waals surface area contributed by atoms with Crippen LogP contribution in [0.3, 0.4) is 0 Å². The van der Waals surface area contributed by atoms with Gasteiger partial charge in [-0.25, -0.2) is 4.98 Å². The number of halogens is 1. The van der Waals surface area contributed by atoms with E-state index >= 15 is 0 Å². The predicted octanol–water partition coefficient (Wildman–Crippen LogP) is 3.64. The van der Waals surface area contributed by atoms with E-state index in [1.54, 1.807) is 13.3 Å². The van der Waals surface area contributed by atoms with E-state index in [-0.39, 0.29) is 6.04 Å². The maximum Gasteiger partial charge on any atom is 0.217 e. The molecule has 1 atom stereocenters. The lowest BCUT2D eigenvalue weighted by Crippen LogP contribution is -2.23. The Kier molecular flexibility index (Phi) is 5.39. The fourth-order valence-electron chi connectivity index (χ4n) is 2.23. The highest BCUT2D eigenvalue weighted by Crippen LogP contribution is 2.25. The fraction of sp³-hybridized carbons (Fsp3) is 0.312. The Bertz CT molecular complexity index is 542. The molecule has 0 aliphatic carbocycles. The number of hydrogen-bond donors (Lipinski definition) is 1. The van der Waals surface area contributed by atoms with Gasteiger partial charge in [-0.3, -0.25) is 0 Å². The molecule has 20 heavy (non-hydrogen) atoms. The minimum absolute atomic E-state index is 0.171. The summed E-state index contributed by atoms with van der Waals surface area (Å²) in [6.07, 6.45) is 2.61. The lowest BCUT2D eigenvalue weighted by atomic mass is 9.99. The molecule has 1 N–H and O–H groups in total. The topological polar surface area (TPSA) is 34.2 Å². The van der Waals surface area contributed by atoms with E-state index in [2.05, 4.69) is 35.4 Å². The molecule has 0 aliphatic rings. The molecule has 1 aromatic heterocycles. The molecule has 4 heteroatoms. The van der Waals surface area contributed by atoms with Gasteiger partial charge in [0.25, 0.3) is 0 Å². The molecule has 2 aromatic rings. The van der Waals surface area contributed by atoms with E-state index in [1.807, 2.05) is 18.2 Å². The van der Waals surface area contributed by atoms with Gasteiger partial charge < -0.3 is 10.1 Å². The summed E-state index contributed by atoms with van der Waals surface area (Å²) in [6.45, 7) is 2.98. The zero-order chi connectivity index (χ0) is 14.4. The number of nitrogens with one attached hydrogen (secondary N) is 1. The van der Waals surface area contributed by atoms with Gasteiger partial charge in [0.15, 0.2) is 0 Å². The van der Waals surface area contributed by atoms with Gasteiger partial charge >= 0.3 is 0 Å². The number of pyridine rings is 1. The number of likely N-dealkylation sites (N-methyl/N-ethyl adjacent to an activating group) is 1. The number of aromatic nitrogens is 1. The van der Waals surface area contributed by atoms with Crippen molar-refractivity contribution in [3.63, 3.8) is 0 Å². The van der Waals surface area contributed by atoms with Crippen molar-refractivity contribution in [2.24, 2.45) is 0 Å². The molecule has 0 bridgehead atoms. The zero-order valence-corrected chi connectivity index (χ0v) is 12.5. The quantitative estimate of drug-likeness (QED) is 0.882. The van der Waals surface area contributed by atoms with E-state index in [4.69, 9.17) is 16.3 Å². The number of hydrogen-bond acceptors (Lipinski definition) is 3. The summed E-state index contributed by atoms with van der Waals surface area (Å²) in [5.41, 5.74) is 2.30. The van der Waals surface area contributed by atoms with Crippen LogP contribution in [0.1, 0.15) is 24.1 Å². The molecule has 106 valence electrons. The minimum atomic E-state index is 0.171. The van der Waals surface area contributed by atoms with Crippen LogP contribution in [0.2, 0.25) is 5.02 Å². The van der Waals surface area contributed by atoms with Crippen molar-refractivity contribution in [3.8, 4) is 5.88 Å². The van der Waals surface area contributed by atoms with Gasteiger partial charge in [-0.15, -0.1) is 0 Å². The SMILES string of the molecule is CCNC(Cc1ccc(Cl)cc1)c1cccnc1OC. The van der Waals surface area contributed by atoms with Gasteiger partial charge in [0.2, 0.25) is 5.88 Å². The predicted molar refractivity (Wildman–Crippen MR) is 82.4 cm³/mol. The monoisotopic (exact) mass is 290 g/mol. The largest absolute Gasteiger partial charge is 0.481 e. The number of rotatable bonds is 6. The summed E-state index contributed by atoms with van der Waals surface area (Å²) in [5, 5.41) is 4.24. The van der Waals surface area contributed by atoms with Crippen molar-refractivity contribution >= 4 is 11.6 Å². The maximum absolute atomic E-state index is 5.93. The highest BCUT2D eigenvalue weighted by molar-refractivity contribution is 6.30. The number of nitrogens with zero attached hydrogens (tertiary/aromatic N) is 1. The van der Waals surface area contributed by atoms with Gasteiger partial charge in [0.05, 0.1) is 7.11 Å². The Morgan fingerprint density at radius 2 is 2.00 bits per heavy atom. The molecule has 1 unspecified atom stereocenters. The standard InChI is InChI=1S/C16H19ClN2O/c1-3-18-15(11-12-6-8-13(17)9-7-12)14-5-4-10-19-16(14)20-2/h4-10,15,18H,3,11H2,1-2H3. The molecular formula is C16H19ClN2O. The zero-order valence-electron chi connectivity index (χ0n) is 11.8. The number of benzene rings is 1. The van der Waals surface area contributed by atoms with E-state index < -0.39 is 0 Å². The second-order valence-electron chi connectivity index (χ2n) is 4.54. The lowest BCUT2D eigenvalue weighted by molar-refractivity contribution is 0.382. The summed E-state index contributed by atoms with van der Waals surface area (Å²) in [7, 11) is 1.65. The molecule has 0 saturated heterocycles. The van der Waals surface area contributed by atoms with Crippen LogP contribution in [0.4, 0.5) is 0 Å². The van der Waals surface area contributed by atoms with Crippen LogP contribution in [0.5, 0.6) is 5.88 Å². The third kappa shape index (κ3) is 3.71. The molecule has 0 spiro atoms. The third-order valence-corrected chi connectivity index (χ3v) is 3.42. The Labute approximate surface area is 124 Å². The molecule has 3 nitrogen and oxygen atoms in total. The van der Waals surface area contributed by atoms with E-state index in [0.717, 1.165) is 23.6 Å². The number of ether oxygens (including phenoxy) is 1. The van der Waals surface area contributed by atoms with Crippen LogP contribution >= 0.6 is 11.6 Å². The second kappa shape index (κ2) is 7.27. The first-order chi connectivity index (χ1) is 9.74. The molecule has 1 heterocycles. The summed E-state index contributed by atoms with van der Waals surface area (Å²) >= 11 is 5.93. The van der Waals surface area contributed by atoms with Crippen molar-refractivity contribution in [1.82, 2.24) is 10.3 Å². The van der Waals surface area contributed by atoms with Crippen molar-refractivity contribution < 1.29 is 4.74 Å². The molecule has 1 aromatic carbocycles. The number of methoxy groups -OCH3 is 1. The van der Waals surface area contributed by atoms with Crippen LogP contribution in [-0.2, 0) is 6.42 Å². The average molecular weight is 291 g/mol. The smallest absolute Gasteiger partial charge is 0.217 e. The van der Waals surface area contributed by atoms with Crippen molar-refractivity contribution in [2.75, 3.05) is 13.7 Å². The molecule has 0 fully saturated rings. The second-order valence-corrected chi connectivity index (χ2v) is 4.98. The fourth-order valence-corrected chi connectivity index (χ4v) is 2.36. The maximum atomic E-state index is 5.93. The van der Waals surface area contributed by atoms with Crippen LogP contribution in [0, 0.1) is 0 Å². The van der Waals surface area contributed by atoms with Crippen molar-refractivity contribution in [1.29, 1.82) is 0 Å². The van der Waals surface area contributed by atoms with E-state index in [9.17, 15) is 0 Å². The van der Waals surface area contributed by atoms with Gasteiger partial charge in [-0.05, 0) is 36.7 Å². The van der Waals surface area contributed by atoms with Crippen LogP contribution in [0.25, 0.3) is 0 Å².